The Morgan fingerprint density at radius 1 is 0.279 bits per heavy atom. The van der Waals surface area contributed by atoms with E-state index in [1.165, 1.54) is 42.1 Å². The average Bonchev–Trinajstić information content (AvgIpc) is 3.72. The zero-order valence-corrected chi connectivity index (χ0v) is 33.8. The van der Waals surface area contributed by atoms with E-state index in [9.17, 15) is 0 Å². The van der Waals surface area contributed by atoms with Gasteiger partial charge < -0.3 is 0 Å². The van der Waals surface area contributed by atoms with Crippen molar-refractivity contribution in [2.75, 3.05) is 0 Å². The lowest BCUT2D eigenvalue weighted by Crippen LogP contribution is -2.02. The number of fused-ring (bicyclic) bond motifs is 6. The molecule has 12 aromatic rings. The molecule has 0 bridgehead atoms. The lowest BCUT2D eigenvalue weighted by molar-refractivity contribution is 1.08. The van der Waals surface area contributed by atoms with Crippen molar-refractivity contribution in [2.45, 2.75) is 0 Å². The van der Waals surface area contributed by atoms with Crippen LogP contribution in [0.25, 0.3) is 120 Å². The van der Waals surface area contributed by atoms with Gasteiger partial charge >= 0.3 is 0 Å². The van der Waals surface area contributed by atoms with Gasteiger partial charge in [-0.25, -0.2) is 15.0 Å². The van der Waals surface area contributed by atoms with Gasteiger partial charge in [0.15, 0.2) is 17.5 Å². The predicted molar refractivity (Wildman–Crippen MR) is 258 cm³/mol. The van der Waals surface area contributed by atoms with E-state index in [1.54, 1.807) is 11.3 Å². The van der Waals surface area contributed by atoms with Gasteiger partial charge in [-0.1, -0.05) is 182 Å². The molecule has 0 aliphatic rings. The molecule has 0 unspecified atom stereocenters. The summed E-state index contributed by atoms with van der Waals surface area (Å²) in [5.74, 6) is 1.94. The van der Waals surface area contributed by atoms with Crippen molar-refractivity contribution in [1.82, 2.24) is 15.0 Å². The molecule has 10 aromatic carbocycles. The molecule has 0 fully saturated rings. The van der Waals surface area contributed by atoms with E-state index in [1.807, 2.05) is 0 Å². The maximum absolute atomic E-state index is 5.47. The molecule has 12 rings (SSSR count). The highest BCUT2D eigenvalue weighted by atomic mass is 32.1. The van der Waals surface area contributed by atoms with Gasteiger partial charge in [-0.3, -0.25) is 0 Å². The van der Waals surface area contributed by atoms with Gasteiger partial charge in [-0.2, -0.15) is 0 Å². The van der Waals surface area contributed by atoms with Crippen LogP contribution in [-0.4, -0.2) is 15.0 Å². The average molecular weight is 794 g/mol. The van der Waals surface area contributed by atoms with Crippen LogP contribution in [0.3, 0.4) is 0 Å². The van der Waals surface area contributed by atoms with Crippen LogP contribution in [0.1, 0.15) is 0 Å². The first kappa shape index (κ1) is 35.2. The fraction of sp³-hybridized carbons (Fsp3) is 0. The van der Waals surface area contributed by atoms with Crippen LogP contribution in [0, 0.1) is 0 Å². The van der Waals surface area contributed by atoms with Crippen LogP contribution >= 0.6 is 11.3 Å². The third-order valence-electron chi connectivity index (χ3n) is 11.9. The molecular weight excluding hydrogens is 759 g/mol. The Labute approximate surface area is 356 Å². The van der Waals surface area contributed by atoms with Gasteiger partial charge in [-0.05, 0) is 96.0 Å². The van der Waals surface area contributed by atoms with Crippen LogP contribution in [-0.2, 0) is 0 Å². The number of benzene rings is 10. The smallest absolute Gasteiger partial charge is 0.165 e. The van der Waals surface area contributed by atoms with Crippen molar-refractivity contribution in [3.63, 3.8) is 0 Å². The van der Waals surface area contributed by atoms with Crippen LogP contribution in [0.5, 0.6) is 0 Å². The third kappa shape index (κ3) is 6.16. The van der Waals surface area contributed by atoms with E-state index in [-0.39, 0.29) is 0 Å². The molecule has 0 saturated heterocycles. The Hall–Kier alpha value is -7.79. The second kappa shape index (κ2) is 14.5. The summed E-state index contributed by atoms with van der Waals surface area (Å²) < 4.78 is 2.41. The Bertz CT molecular complexity index is 3650. The SMILES string of the molecule is c1ccc(-c2ccc3ccc(-c4ccc5cccc(-c6nc(-c7c(-c8ccccc8)ccc8ccccc78)nc(-c7cccc8c7sc7ccccc78)n6)c5c4)cc3c2)cc1. The van der Waals surface area contributed by atoms with Gasteiger partial charge in [0, 0.05) is 36.9 Å². The molecule has 0 atom stereocenters. The second-order valence-corrected chi connectivity index (χ2v) is 16.6. The Morgan fingerprint density at radius 2 is 0.820 bits per heavy atom. The first-order valence-electron chi connectivity index (χ1n) is 20.6. The monoisotopic (exact) mass is 793 g/mol. The van der Waals surface area contributed by atoms with E-state index >= 15 is 0 Å². The van der Waals surface area contributed by atoms with Crippen LogP contribution in [0.4, 0.5) is 0 Å². The lowest BCUT2D eigenvalue weighted by atomic mass is 9.93. The normalized spacial score (nSPS) is 11.6. The highest BCUT2D eigenvalue weighted by Crippen LogP contribution is 2.42. The van der Waals surface area contributed by atoms with Crippen LogP contribution in [0.2, 0.25) is 0 Å². The molecule has 2 aromatic heterocycles. The number of rotatable bonds is 6. The van der Waals surface area contributed by atoms with E-state index in [0.717, 1.165) is 60.5 Å². The number of hydrogen-bond acceptors (Lipinski definition) is 4. The van der Waals surface area contributed by atoms with Crippen LogP contribution in [0.15, 0.2) is 212 Å². The van der Waals surface area contributed by atoms with Gasteiger partial charge in [-0.15, -0.1) is 11.3 Å². The molecule has 0 radical (unpaired) electrons. The molecule has 0 aliphatic heterocycles. The minimum Gasteiger partial charge on any atom is -0.208 e. The molecule has 0 spiro atoms. The third-order valence-corrected chi connectivity index (χ3v) is 13.1. The first-order chi connectivity index (χ1) is 30.2. The number of hydrogen-bond donors (Lipinski definition) is 0. The zero-order chi connectivity index (χ0) is 40.3. The molecule has 0 amide bonds. The van der Waals surface area contributed by atoms with Crippen LogP contribution < -0.4 is 0 Å². The largest absolute Gasteiger partial charge is 0.208 e. The molecule has 0 saturated carbocycles. The molecule has 3 nitrogen and oxygen atoms in total. The summed E-state index contributed by atoms with van der Waals surface area (Å²) >= 11 is 1.79. The first-order valence-corrected chi connectivity index (χ1v) is 21.4. The van der Waals surface area contributed by atoms with E-state index < -0.39 is 0 Å². The summed E-state index contributed by atoms with van der Waals surface area (Å²) in [6.07, 6.45) is 0. The summed E-state index contributed by atoms with van der Waals surface area (Å²) in [4.78, 5) is 16.3. The van der Waals surface area contributed by atoms with Crippen molar-refractivity contribution in [2.24, 2.45) is 0 Å². The zero-order valence-electron chi connectivity index (χ0n) is 33.0. The topological polar surface area (TPSA) is 38.7 Å². The molecule has 4 heteroatoms. The van der Waals surface area contributed by atoms with Gasteiger partial charge in [0.2, 0.25) is 0 Å². The molecule has 284 valence electrons. The lowest BCUT2D eigenvalue weighted by Gasteiger charge is -2.16. The Balaban J connectivity index is 1.09. The van der Waals surface area contributed by atoms with Crippen molar-refractivity contribution < 1.29 is 0 Å². The van der Waals surface area contributed by atoms with Crippen molar-refractivity contribution in [3.05, 3.63) is 212 Å². The van der Waals surface area contributed by atoms with Gasteiger partial charge in [0.25, 0.3) is 0 Å². The predicted octanol–water partition coefficient (Wildman–Crippen LogP) is 15.7. The molecule has 61 heavy (non-hydrogen) atoms. The molecule has 0 N–H and O–H groups in total. The molecular formula is C57H35N3S. The quantitative estimate of drug-likeness (QED) is 0.168. The van der Waals surface area contributed by atoms with E-state index in [0.29, 0.717) is 17.5 Å². The molecule has 2 heterocycles. The maximum atomic E-state index is 5.47. The highest BCUT2D eigenvalue weighted by molar-refractivity contribution is 7.26. The van der Waals surface area contributed by atoms with E-state index in [2.05, 4.69) is 212 Å². The number of thiophene rings is 1. The summed E-state index contributed by atoms with van der Waals surface area (Å²) in [5.41, 5.74) is 9.85. The summed E-state index contributed by atoms with van der Waals surface area (Å²) in [6, 6.07) is 75.9. The fourth-order valence-corrected chi connectivity index (χ4v) is 10.1. The standard InChI is InChI=1S/C57H35N3S/c1-3-13-36(14-4-1)41-28-25-37-26-29-42(34-44(37)33-41)43-30-27-40-18-11-22-49(51(40)35-43)55-58-56(50-23-12-21-48-47-20-9-10-24-52(47)61-54(48)50)60-57(59-55)53-45-19-8-7-17-39(45)31-32-46(53)38-15-5-2-6-16-38/h1-35H. The van der Waals surface area contributed by atoms with Crippen molar-refractivity contribution in [3.8, 4) is 67.5 Å². The second-order valence-electron chi connectivity index (χ2n) is 15.5. The van der Waals surface area contributed by atoms with Gasteiger partial charge in [0.1, 0.15) is 0 Å². The highest BCUT2D eigenvalue weighted by Gasteiger charge is 2.21. The van der Waals surface area contributed by atoms with Gasteiger partial charge in [0.05, 0.1) is 0 Å². The fourth-order valence-electron chi connectivity index (χ4n) is 8.91. The Kier molecular flexibility index (Phi) is 8.36. The number of aromatic nitrogens is 3. The minimum atomic E-state index is 0.638. The summed E-state index contributed by atoms with van der Waals surface area (Å²) in [6.45, 7) is 0. The number of nitrogens with zero attached hydrogens (tertiary/aromatic N) is 3. The Morgan fingerprint density at radius 3 is 1.62 bits per heavy atom. The summed E-state index contributed by atoms with van der Waals surface area (Å²) in [7, 11) is 0. The molecule has 0 aliphatic carbocycles. The summed E-state index contributed by atoms with van der Waals surface area (Å²) in [5, 5.41) is 9.31. The van der Waals surface area contributed by atoms with Crippen molar-refractivity contribution >= 4 is 63.8 Å². The maximum Gasteiger partial charge on any atom is 0.165 e. The van der Waals surface area contributed by atoms with E-state index in [4.69, 9.17) is 15.0 Å². The minimum absolute atomic E-state index is 0.638. The van der Waals surface area contributed by atoms with Crippen molar-refractivity contribution in [1.29, 1.82) is 0 Å².